The SMILES string of the molecule is CCCCCCOCCOCCOCCOCCOCCOCCOC(=O)CCC(=O)C(=O)O. The molecule has 0 radical (unpaired) electrons. The lowest BCUT2D eigenvalue weighted by atomic mass is 10.2. The van der Waals surface area contributed by atoms with Crippen LogP contribution in [-0.2, 0) is 47.5 Å². The lowest BCUT2D eigenvalue weighted by Crippen LogP contribution is -2.17. The van der Waals surface area contributed by atoms with Crippen molar-refractivity contribution in [2.45, 2.75) is 45.4 Å². The Balaban J connectivity index is 3.14. The van der Waals surface area contributed by atoms with Crippen molar-refractivity contribution in [1.82, 2.24) is 0 Å². The van der Waals surface area contributed by atoms with Crippen LogP contribution in [0.15, 0.2) is 0 Å². The summed E-state index contributed by atoms with van der Waals surface area (Å²) < 4.78 is 37.1. The number of unbranched alkanes of at least 4 members (excludes halogenated alkanes) is 3. The lowest BCUT2D eigenvalue weighted by molar-refractivity contribution is -0.151. The first-order valence-electron chi connectivity index (χ1n) is 12.0. The van der Waals surface area contributed by atoms with Gasteiger partial charge in [0.1, 0.15) is 6.61 Å². The molecule has 0 aromatic carbocycles. The smallest absolute Gasteiger partial charge is 0.372 e. The highest BCUT2D eigenvalue weighted by atomic mass is 16.6. The number of carboxylic acid groups (broad SMARTS) is 1. The third kappa shape index (κ3) is 25.0. The maximum atomic E-state index is 11.3. The molecule has 0 saturated carbocycles. The van der Waals surface area contributed by atoms with Crippen molar-refractivity contribution in [1.29, 1.82) is 0 Å². The highest BCUT2D eigenvalue weighted by Crippen LogP contribution is 1.98. The summed E-state index contributed by atoms with van der Waals surface area (Å²) in [5.41, 5.74) is 0. The van der Waals surface area contributed by atoms with Crippen LogP contribution < -0.4 is 0 Å². The Morgan fingerprint density at radius 3 is 1.35 bits per heavy atom. The average molecular weight is 495 g/mol. The predicted octanol–water partition coefficient (Wildman–Crippen LogP) is 1.64. The van der Waals surface area contributed by atoms with Crippen LogP contribution in [0.1, 0.15) is 45.4 Å². The Labute approximate surface area is 202 Å². The summed E-state index contributed by atoms with van der Waals surface area (Å²) in [5.74, 6) is -3.21. The van der Waals surface area contributed by atoms with Gasteiger partial charge >= 0.3 is 11.9 Å². The van der Waals surface area contributed by atoms with E-state index in [-0.39, 0.29) is 26.1 Å². The quantitative estimate of drug-likeness (QED) is 0.101. The van der Waals surface area contributed by atoms with E-state index in [1.165, 1.54) is 19.3 Å². The van der Waals surface area contributed by atoms with E-state index >= 15 is 0 Å². The molecule has 0 amide bonds. The minimum Gasteiger partial charge on any atom is -0.476 e. The van der Waals surface area contributed by atoms with Gasteiger partial charge in [-0.25, -0.2) is 4.79 Å². The van der Waals surface area contributed by atoms with Crippen LogP contribution in [0, 0.1) is 0 Å². The van der Waals surface area contributed by atoms with Gasteiger partial charge in [-0.15, -0.1) is 0 Å². The summed E-state index contributed by atoms with van der Waals surface area (Å²) in [6, 6.07) is 0. The van der Waals surface area contributed by atoms with Crippen LogP contribution in [0.4, 0.5) is 0 Å². The van der Waals surface area contributed by atoms with Crippen LogP contribution in [0.3, 0.4) is 0 Å². The minimum atomic E-state index is -1.55. The Bertz CT molecular complexity index is 499. The summed E-state index contributed by atoms with van der Waals surface area (Å²) in [4.78, 5) is 32.5. The highest BCUT2D eigenvalue weighted by Gasteiger charge is 2.14. The molecule has 0 atom stereocenters. The molecule has 0 rings (SSSR count). The number of ether oxygens (including phenoxy) is 7. The zero-order valence-corrected chi connectivity index (χ0v) is 20.5. The molecular weight excluding hydrogens is 452 g/mol. The highest BCUT2D eigenvalue weighted by molar-refractivity contribution is 6.32. The number of hydrogen-bond acceptors (Lipinski definition) is 10. The summed E-state index contributed by atoms with van der Waals surface area (Å²) in [5, 5.41) is 8.41. The largest absolute Gasteiger partial charge is 0.476 e. The molecule has 0 aromatic heterocycles. The van der Waals surface area contributed by atoms with Crippen LogP contribution in [0.2, 0.25) is 0 Å². The lowest BCUT2D eigenvalue weighted by Gasteiger charge is -2.08. The van der Waals surface area contributed by atoms with E-state index in [0.29, 0.717) is 66.1 Å². The third-order valence-electron chi connectivity index (χ3n) is 4.29. The fourth-order valence-electron chi connectivity index (χ4n) is 2.44. The van der Waals surface area contributed by atoms with Gasteiger partial charge in [-0.05, 0) is 6.42 Å². The predicted molar refractivity (Wildman–Crippen MR) is 122 cm³/mol. The summed E-state index contributed by atoms with van der Waals surface area (Å²) in [6.07, 6.45) is 4.19. The molecule has 11 nitrogen and oxygen atoms in total. The molecule has 0 spiro atoms. The molecular formula is C23H42O11. The average Bonchev–Trinajstić information content (AvgIpc) is 2.82. The molecule has 0 unspecified atom stereocenters. The molecule has 34 heavy (non-hydrogen) atoms. The minimum absolute atomic E-state index is 0.0289. The molecule has 0 aliphatic rings. The Morgan fingerprint density at radius 2 is 0.941 bits per heavy atom. The fourth-order valence-corrected chi connectivity index (χ4v) is 2.44. The zero-order valence-electron chi connectivity index (χ0n) is 20.5. The van der Waals surface area contributed by atoms with E-state index in [2.05, 4.69) is 6.92 Å². The number of aliphatic carboxylic acids is 1. The number of carbonyl (C=O) groups excluding carboxylic acids is 2. The Morgan fingerprint density at radius 1 is 0.529 bits per heavy atom. The molecule has 0 bridgehead atoms. The van der Waals surface area contributed by atoms with Crippen molar-refractivity contribution >= 4 is 17.7 Å². The second kappa shape index (κ2) is 26.0. The maximum Gasteiger partial charge on any atom is 0.372 e. The van der Waals surface area contributed by atoms with Crippen LogP contribution >= 0.6 is 0 Å². The van der Waals surface area contributed by atoms with Crippen molar-refractivity contribution in [3.05, 3.63) is 0 Å². The number of esters is 1. The van der Waals surface area contributed by atoms with Crippen LogP contribution in [0.25, 0.3) is 0 Å². The van der Waals surface area contributed by atoms with Gasteiger partial charge in [0, 0.05) is 13.0 Å². The third-order valence-corrected chi connectivity index (χ3v) is 4.29. The van der Waals surface area contributed by atoms with Gasteiger partial charge in [-0.1, -0.05) is 26.2 Å². The number of rotatable bonds is 27. The first-order valence-corrected chi connectivity index (χ1v) is 12.0. The first-order chi connectivity index (χ1) is 16.6. The number of carbonyl (C=O) groups is 3. The van der Waals surface area contributed by atoms with Gasteiger partial charge in [-0.3, -0.25) is 9.59 Å². The van der Waals surface area contributed by atoms with Gasteiger partial charge in [0.05, 0.1) is 79.1 Å². The molecule has 0 aliphatic carbocycles. The van der Waals surface area contributed by atoms with Gasteiger partial charge in [-0.2, -0.15) is 0 Å². The number of ketones is 1. The van der Waals surface area contributed by atoms with Crippen LogP contribution in [0.5, 0.6) is 0 Å². The van der Waals surface area contributed by atoms with Gasteiger partial charge in [0.25, 0.3) is 0 Å². The molecule has 0 fully saturated rings. The van der Waals surface area contributed by atoms with Crippen LogP contribution in [-0.4, -0.2) is 109 Å². The second-order valence-corrected chi connectivity index (χ2v) is 7.18. The fraction of sp³-hybridized carbons (Fsp3) is 0.870. The first kappa shape index (κ1) is 32.4. The van der Waals surface area contributed by atoms with E-state index in [1.807, 2.05) is 0 Å². The van der Waals surface area contributed by atoms with Gasteiger partial charge < -0.3 is 38.3 Å². The standard InChI is InChI=1S/C23H42O11/c1-2-3-4-5-8-28-9-10-29-11-12-30-13-14-31-15-16-32-17-18-33-19-20-34-22(25)7-6-21(24)23(26)27/h2-20H2,1H3,(H,26,27). The van der Waals surface area contributed by atoms with Gasteiger partial charge in [0.2, 0.25) is 5.78 Å². The molecule has 0 heterocycles. The van der Waals surface area contributed by atoms with E-state index < -0.39 is 17.7 Å². The monoisotopic (exact) mass is 494 g/mol. The molecule has 0 saturated heterocycles. The maximum absolute atomic E-state index is 11.3. The zero-order chi connectivity index (χ0) is 25.1. The molecule has 1 N–H and O–H groups in total. The van der Waals surface area contributed by atoms with Crippen molar-refractivity contribution in [3.8, 4) is 0 Å². The van der Waals surface area contributed by atoms with Crippen molar-refractivity contribution in [3.63, 3.8) is 0 Å². The number of Topliss-reactive ketones (excluding diaryl/α,β-unsaturated/α-hetero) is 1. The van der Waals surface area contributed by atoms with Gasteiger partial charge in [0.15, 0.2) is 0 Å². The van der Waals surface area contributed by atoms with Crippen molar-refractivity contribution in [2.24, 2.45) is 0 Å². The summed E-state index contributed by atoms with van der Waals surface area (Å²) >= 11 is 0. The van der Waals surface area contributed by atoms with Crippen molar-refractivity contribution < 1.29 is 52.6 Å². The number of carboxylic acids is 1. The number of hydrogen-bond donors (Lipinski definition) is 1. The summed E-state index contributed by atoms with van der Waals surface area (Å²) in [7, 11) is 0. The Kier molecular flexibility index (Phi) is 24.7. The van der Waals surface area contributed by atoms with E-state index in [9.17, 15) is 14.4 Å². The van der Waals surface area contributed by atoms with Crippen molar-refractivity contribution in [2.75, 3.05) is 85.9 Å². The topological polar surface area (TPSA) is 136 Å². The van der Waals surface area contributed by atoms with E-state index in [0.717, 1.165) is 13.0 Å². The normalized spacial score (nSPS) is 11.0. The summed E-state index contributed by atoms with van der Waals surface area (Å²) in [6.45, 7) is 8.01. The molecule has 11 heteroatoms. The Hall–Kier alpha value is -1.63. The second-order valence-electron chi connectivity index (χ2n) is 7.18. The molecule has 200 valence electrons. The molecule has 0 aromatic rings. The van der Waals surface area contributed by atoms with E-state index in [1.54, 1.807) is 0 Å². The van der Waals surface area contributed by atoms with E-state index in [4.69, 9.17) is 38.3 Å². The molecule has 0 aliphatic heterocycles.